The van der Waals surface area contributed by atoms with E-state index in [-0.39, 0.29) is 10.0 Å². The molecule has 0 radical (unpaired) electrons. The van der Waals surface area contributed by atoms with Crippen LogP contribution in [-0.4, -0.2) is 17.3 Å². The molecule has 0 saturated carbocycles. The fourth-order valence-electron chi connectivity index (χ4n) is 3.25. The molecule has 4 rings (SSSR count). The third-order valence-corrected chi connectivity index (χ3v) is 5.95. The van der Waals surface area contributed by atoms with Crippen molar-refractivity contribution in [1.29, 1.82) is 0 Å². The van der Waals surface area contributed by atoms with Gasteiger partial charge in [0.2, 0.25) is 0 Å². The van der Waals surface area contributed by atoms with E-state index in [1.54, 1.807) is 13.2 Å². The quantitative estimate of drug-likeness (QED) is 0.351. The van der Waals surface area contributed by atoms with E-state index in [1.165, 1.54) is 12.1 Å². The average Bonchev–Trinajstić information content (AvgIpc) is 3.00. The summed E-state index contributed by atoms with van der Waals surface area (Å²) in [6.45, 7) is 0. The maximum atomic E-state index is 13.1. The standard InChI is InChI=1S/C22H14F3NO2S2/c1-28-18-10-9-13(16-7-2-3-8-17(16)18)11-19-20(27)26(21(29)30-19)15-6-4-5-14(12-15)22(23,24)25/h2-12H,1H3/b19-11+. The molecule has 0 aliphatic carbocycles. The normalized spacial score (nSPS) is 16.0. The molecule has 8 heteroatoms. The fourth-order valence-corrected chi connectivity index (χ4v) is 4.54. The van der Waals surface area contributed by atoms with Crippen molar-refractivity contribution < 1.29 is 22.7 Å². The van der Waals surface area contributed by atoms with E-state index in [1.807, 2.05) is 36.4 Å². The predicted octanol–water partition coefficient (Wildman–Crippen LogP) is 6.27. The molecule has 1 saturated heterocycles. The van der Waals surface area contributed by atoms with E-state index < -0.39 is 17.6 Å². The first-order valence-corrected chi connectivity index (χ1v) is 10.0. The molecule has 3 aromatic carbocycles. The molecule has 3 aromatic rings. The number of carbonyl (C=O) groups is 1. The van der Waals surface area contributed by atoms with Crippen LogP contribution in [0, 0.1) is 0 Å². The molecule has 0 spiro atoms. The Hall–Kier alpha value is -2.84. The second-order valence-electron chi connectivity index (χ2n) is 6.47. The van der Waals surface area contributed by atoms with E-state index in [2.05, 4.69) is 0 Å². The Bertz CT molecular complexity index is 1200. The lowest BCUT2D eigenvalue weighted by Crippen LogP contribution is -2.27. The Balaban J connectivity index is 1.74. The molecule has 1 aliphatic rings. The van der Waals surface area contributed by atoms with Crippen molar-refractivity contribution in [3.8, 4) is 5.75 Å². The summed E-state index contributed by atoms with van der Waals surface area (Å²) in [6.07, 6.45) is -2.80. The molecule has 1 fully saturated rings. The zero-order valence-electron chi connectivity index (χ0n) is 15.6. The zero-order chi connectivity index (χ0) is 21.5. The van der Waals surface area contributed by atoms with Crippen LogP contribution < -0.4 is 9.64 Å². The van der Waals surface area contributed by atoms with Gasteiger partial charge < -0.3 is 4.74 Å². The summed E-state index contributed by atoms with van der Waals surface area (Å²) in [6, 6.07) is 15.8. The van der Waals surface area contributed by atoms with E-state index in [0.29, 0.717) is 10.7 Å². The molecule has 1 aliphatic heterocycles. The van der Waals surface area contributed by atoms with Crippen LogP contribution in [0.1, 0.15) is 11.1 Å². The molecule has 152 valence electrons. The molecule has 0 atom stereocenters. The molecule has 1 amide bonds. The predicted molar refractivity (Wildman–Crippen MR) is 118 cm³/mol. The van der Waals surface area contributed by atoms with E-state index in [4.69, 9.17) is 17.0 Å². The van der Waals surface area contributed by atoms with Crippen LogP contribution >= 0.6 is 24.0 Å². The lowest BCUT2D eigenvalue weighted by molar-refractivity contribution is -0.137. The number of fused-ring (bicyclic) bond motifs is 1. The summed E-state index contributed by atoms with van der Waals surface area (Å²) < 4.78 is 44.8. The van der Waals surface area contributed by atoms with Gasteiger partial charge in [-0.25, -0.2) is 0 Å². The van der Waals surface area contributed by atoms with Crippen molar-refractivity contribution >= 4 is 56.7 Å². The molecule has 30 heavy (non-hydrogen) atoms. The van der Waals surface area contributed by atoms with E-state index in [0.717, 1.165) is 45.1 Å². The number of benzene rings is 3. The number of nitrogens with zero attached hydrogens (tertiary/aromatic N) is 1. The zero-order valence-corrected chi connectivity index (χ0v) is 17.2. The number of thiocarbonyl (C=S) groups is 1. The summed E-state index contributed by atoms with van der Waals surface area (Å²) in [7, 11) is 1.58. The minimum absolute atomic E-state index is 0.0929. The Morgan fingerprint density at radius 1 is 1.03 bits per heavy atom. The smallest absolute Gasteiger partial charge is 0.416 e. The third kappa shape index (κ3) is 3.68. The Morgan fingerprint density at radius 2 is 1.77 bits per heavy atom. The van der Waals surface area contributed by atoms with Crippen molar-refractivity contribution in [3.05, 3.63) is 76.7 Å². The van der Waals surface area contributed by atoms with Crippen LogP contribution in [0.5, 0.6) is 5.75 Å². The molecule has 0 bridgehead atoms. The highest BCUT2D eigenvalue weighted by Gasteiger charge is 2.36. The fraction of sp³-hybridized carbons (Fsp3) is 0.0909. The number of hydrogen-bond donors (Lipinski definition) is 0. The van der Waals surface area contributed by atoms with Gasteiger partial charge in [-0.15, -0.1) is 0 Å². The number of amides is 1. The molecule has 0 unspecified atom stereocenters. The number of thioether (sulfide) groups is 1. The maximum Gasteiger partial charge on any atom is 0.416 e. The van der Waals surface area contributed by atoms with Crippen LogP contribution in [0.2, 0.25) is 0 Å². The Labute approximate surface area is 180 Å². The lowest BCUT2D eigenvalue weighted by atomic mass is 10.0. The average molecular weight is 445 g/mol. The van der Waals surface area contributed by atoms with Gasteiger partial charge in [0.05, 0.1) is 23.3 Å². The van der Waals surface area contributed by atoms with Crippen LogP contribution in [0.3, 0.4) is 0 Å². The first kappa shape index (κ1) is 20.4. The summed E-state index contributed by atoms with van der Waals surface area (Å²) >= 11 is 6.35. The summed E-state index contributed by atoms with van der Waals surface area (Å²) in [5.74, 6) is 0.253. The van der Waals surface area contributed by atoms with Gasteiger partial charge in [0.25, 0.3) is 5.91 Å². The van der Waals surface area contributed by atoms with Gasteiger partial charge in [-0.2, -0.15) is 13.2 Å². The largest absolute Gasteiger partial charge is 0.496 e. The van der Waals surface area contributed by atoms with Gasteiger partial charge in [0.1, 0.15) is 5.75 Å². The van der Waals surface area contributed by atoms with Crippen molar-refractivity contribution in [3.63, 3.8) is 0 Å². The van der Waals surface area contributed by atoms with Gasteiger partial charge >= 0.3 is 6.18 Å². The minimum Gasteiger partial charge on any atom is -0.496 e. The monoisotopic (exact) mass is 445 g/mol. The number of anilines is 1. The molecule has 1 heterocycles. The highest BCUT2D eigenvalue weighted by Crippen LogP contribution is 2.39. The van der Waals surface area contributed by atoms with Crippen molar-refractivity contribution in [2.45, 2.75) is 6.18 Å². The highest BCUT2D eigenvalue weighted by atomic mass is 32.2. The Morgan fingerprint density at radius 3 is 2.47 bits per heavy atom. The van der Waals surface area contributed by atoms with E-state index >= 15 is 0 Å². The molecule has 3 nitrogen and oxygen atoms in total. The number of hydrogen-bond acceptors (Lipinski definition) is 4. The number of alkyl halides is 3. The number of carbonyl (C=O) groups excluding carboxylic acids is 1. The van der Waals surface area contributed by atoms with Gasteiger partial charge in [0.15, 0.2) is 4.32 Å². The number of rotatable bonds is 3. The maximum absolute atomic E-state index is 13.1. The van der Waals surface area contributed by atoms with Crippen molar-refractivity contribution in [2.24, 2.45) is 0 Å². The minimum atomic E-state index is -4.51. The summed E-state index contributed by atoms with van der Waals surface area (Å²) in [4.78, 5) is 14.5. The van der Waals surface area contributed by atoms with Crippen molar-refractivity contribution in [1.82, 2.24) is 0 Å². The first-order chi connectivity index (χ1) is 14.3. The van der Waals surface area contributed by atoms with Gasteiger partial charge in [-0.05, 0) is 41.3 Å². The summed E-state index contributed by atoms with van der Waals surface area (Å²) in [5, 5.41) is 1.78. The second kappa shape index (κ2) is 7.77. The van der Waals surface area contributed by atoms with Crippen LogP contribution in [0.25, 0.3) is 16.8 Å². The Kier molecular flexibility index (Phi) is 5.29. The van der Waals surface area contributed by atoms with Gasteiger partial charge in [-0.3, -0.25) is 9.69 Å². The molecule has 0 aromatic heterocycles. The van der Waals surface area contributed by atoms with Crippen LogP contribution in [0.4, 0.5) is 18.9 Å². The van der Waals surface area contributed by atoms with Gasteiger partial charge in [-0.1, -0.05) is 60.4 Å². The molecular weight excluding hydrogens is 431 g/mol. The topological polar surface area (TPSA) is 29.5 Å². The molecule has 0 N–H and O–H groups in total. The number of ether oxygens (including phenoxy) is 1. The van der Waals surface area contributed by atoms with Crippen molar-refractivity contribution in [2.75, 3.05) is 12.0 Å². The highest BCUT2D eigenvalue weighted by molar-refractivity contribution is 8.27. The SMILES string of the molecule is COc1ccc(/C=C2/SC(=S)N(c3cccc(C(F)(F)F)c3)C2=O)c2ccccc12. The summed E-state index contributed by atoms with van der Waals surface area (Å²) in [5.41, 5.74) is 0.0467. The second-order valence-corrected chi connectivity index (χ2v) is 8.14. The first-order valence-electron chi connectivity index (χ1n) is 8.80. The van der Waals surface area contributed by atoms with E-state index in [9.17, 15) is 18.0 Å². The van der Waals surface area contributed by atoms with Gasteiger partial charge in [0, 0.05) is 5.39 Å². The lowest BCUT2D eigenvalue weighted by Gasteiger charge is -2.16. The third-order valence-electron chi connectivity index (χ3n) is 4.65. The van der Waals surface area contributed by atoms with Crippen LogP contribution in [-0.2, 0) is 11.0 Å². The number of halogens is 3. The van der Waals surface area contributed by atoms with Crippen LogP contribution in [0.15, 0.2) is 65.6 Å². The molecular formula is C22H14F3NO2S2. The number of methoxy groups -OCH3 is 1.